The van der Waals surface area contributed by atoms with Crippen LogP contribution in [0.1, 0.15) is 36.8 Å². The van der Waals surface area contributed by atoms with E-state index in [-0.39, 0.29) is 24.3 Å². The fourth-order valence-electron chi connectivity index (χ4n) is 5.43. The van der Waals surface area contributed by atoms with Gasteiger partial charge in [-0.05, 0) is 69.3 Å². The van der Waals surface area contributed by atoms with Gasteiger partial charge in [-0.3, -0.25) is 19.4 Å². The van der Waals surface area contributed by atoms with E-state index in [1.165, 1.54) is 41.7 Å². The van der Waals surface area contributed by atoms with Crippen LogP contribution in [0.25, 0.3) is 0 Å². The molecule has 2 aliphatic heterocycles. The van der Waals surface area contributed by atoms with E-state index >= 15 is 0 Å². The highest BCUT2D eigenvalue weighted by atomic mass is 16.2. The zero-order valence-electron chi connectivity index (χ0n) is 18.5. The fraction of sp³-hybridized carbons (Fsp3) is 0.667. The number of likely N-dealkylation sites (tertiary alicyclic amines) is 2. The average molecular weight is 413 g/mol. The van der Waals surface area contributed by atoms with Crippen molar-refractivity contribution in [1.29, 1.82) is 0 Å². The van der Waals surface area contributed by atoms with Crippen LogP contribution in [0.4, 0.5) is 0 Å². The van der Waals surface area contributed by atoms with Crippen molar-refractivity contribution in [2.24, 2.45) is 5.92 Å². The zero-order chi connectivity index (χ0) is 21.1. The molecule has 1 atom stereocenters. The normalized spacial score (nSPS) is 23.9. The molecule has 1 N–H and O–H groups in total. The smallest absolute Gasteiger partial charge is 0.241 e. The van der Waals surface area contributed by atoms with E-state index in [1.54, 1.807) is 14.1 Å². The largest absolute Gasteiger partial charge is 0.347 e. The first-order chi connectivity index (χ1) is 14.5. The molecule has 2 saturated heterocycles. The molecule has 1 aliphatic carbocycles. The number of carbonyl (C=O) groups is 2. The molecule has 164 valence electrons. The number of carbonyl (C=O) groups excluding carboxylic acids is 2. The van der Waals surface area contributed by atoms with E-state index < -0.39 is 0 Å². The summed E-state index contributed by atoms with van der Waals surface area (Å²) in [6, 6.07) is 10.1. The SMILES string of the molecule is CN(C)C(=O)CNC(=O)[C@@H]1CCCN(C2CCN(C3Cc4ccccc4C3)CC2)C1. The minimum Gasteiger partial charge on any atom is -0.347 e. The van der Waals surface area contributed by atoms with Crippen LogP contribution in [-0.4, -0.2) is 85.4 Å². The minimum absolute atomic E-state index is 0.0103. The van der Waals surface area contributed by atoms with Crippen LogP contribution in [0.5, 0.6) is 0 Å². The van der Waals surface area contributed by atoms with E-state index in [9.17, 15) is 9.59 Å². The molecule has 0 spiro atoms. The quantitative estimate of drug-likeness (QED) is 0.797. The fourth-order valence-corrected chi connectivity index (χ4v) is 5.43. The number of nitrogens with one attached hydrogen (secondary N) is 1. The first kappa shape index (κ1) is 21.3. The molecule has 3 aliphatic rings. The van der Waals surface area contributed by atoms with Crippen molar-refractivity contribution < 1.29 is 9.59 Å². The second-order valence-electron chi connectivity index (χ2n) is 9.44. The lowest BCUT2D eigenvalue weighted by atomic mass is 9.92. The highest BCUT2D eigenvalue weighted by molar-refractivity contribution is 5.85. The Labute approximate surface area is 180 Å². The highest BCUT2D eigenvalue weighted by Gasteiger charge is 2.34. The second-order valence-corrected chi connectivity index (χ2v) is 9.44. The number of benzene rings is 1. The van der Waals surface area contributed by atoms with Crippen LogP contribution in [-0.2, 0) is 22.4 Å². The number of fused-ring (bicyclic) bond motifs is 1. The van der Waals surface area contributed by atoms with Crippen LogP contribution >= 0.6 is 0 Å². The van der Waals surface area contributed by atoms with Gasteiger partial charge in [-0.15, -0.1) is 0 Å². The van der Waals surface area contributed by atoms with E-state index in [0.29, 0.717) is 12.1 Å². The monoisotopic (exact) mass is 412 g/mol. The topological polar surface area (TPSA) is 55.9 Å². The van der Waals surface area contributed by atoms with Crippen LogP contribution in [0.3, 0.4) is 0 Å². The molecule has 2 heterocycles. The number of hydrogen-bond acceptors (Lipinski definition) is 4. The molecule has 30 heavy (non-hydrogen) atoms. The van der Waals surface area contributed by atoms with Crippen molar-refractivity contribution in [3.05, 3.63) is 35.4 Å². The van der Waals surface area contributed by atoms with Crippen molar-refractivity contribution in [3.63, 3.8) is 0 Å². The summed E-state index contributed by atoms with van der Waals surface area (Å²) < 4.78 is 0. The molecule has 2 amide bonds. The Morgan fingerprint density at radius 2 is 1.63 bits per heavy atom. The van der Waals surface area contributed by atoms with E-state index in [2.05, 4.69) is 39.4 Å². The van der Waals surface area contributed by atoms with Gasteiger partial charge >= 0.3 is 0 Å². The maximum Gasteiger partial charge on any atom is 0.241 e. The Morgan fingerprint density at radius 3 is 2.27 bits per heavy atom. The number of nitrogens with zero attached hydrogens (tertiary/aromatic N) is 3. The predicted molar refractivity (Wildman–Crippen MR) is 118 cm³/mol. The van der Waals surface area contributed by atoms with Crippen LogP contribution in [0.15, 0.2) is 24.3 Å². The summed E-state index contributed by atoms with van der Waals surface area (Å²) in [6.45, 7) is 4.36. The Morgan fingerprint density at radius 1 is 0.967 bits per heavy atom. The summed E-state index contributed by atoms with van der Waals surface area (Å²) in [5.74, 6) is -0.00965. The summed E-state index contributed by atoms with van der Waals surface area (Å²) in [5, 5.41) is 2.84. The first-order valence-electron chi connectivity index (χ1n) is 11.5. The van der Waals surface area contributed by atoms with Gasteiger partial charge in [0.05, 0.1) is 12.5 Å². The van der Waals surface area contributed by atoms with Crippen molar-refractivity contribution in [2.75, 3.05) is 46.8 Å². The molecule has 6 nitrogen and oxygen atoms in total. The summed E-state index contributed by atoms with van der Waals surface area (Å²) in [5.41, 5.74) is 3.06. The number of likely N-dealkylation sites (N-methyl/N-ethyl adjacent to an activating group) is 1. The Kier molecular flexibility index (Phi) is 6.74. The first-order valence-corrected chi connectivity index (χ1v) is 11.5. The third kappa shape index (κ3) is 4.86. The molecule has 2 fully saturated rings. The van der Waals surface area contributed by atoms with E-state index in [4.69, 9.17) is 0 Å². The Hall–Kier alpha value is -1.92. The molecule has 1 aromatic rings. The maximum absolute atomic E-state index is 12.6. The molecule has 0 bridgehead atoms. The van der Waals surface area contributed by atoms with E-state index in [1.807, 2.05) is 0 Å². The molecule has 0 saturated carbocycles. The number of rotatable bonds is 5. The lowest BCUT2D eigenvalue weighted by Crippen LogP contribution is -2.52. The van der Waals surface area contributed by atoms with Gasteiger partial charge in [-0.2, -0.15) is 0 Å². The van der Waals surface area contributed by atoms with Gasteiger partial charge in [0.2, 0.25) is 11.8 Å². The zero-order valence-corrected chi connectivity index (χ0v) is 18.5. The van der Waals surface area contributed by atoms with Gasteiger partial charge < -0.3 is 10.2 Å². The molecule has 0 aromatic heterocycles. The standard InChI is InChI=1S/C24H36N4O2/c1-26(2)23(29)16-25-24(30)20-8-5-11-28(17-20)21-9-12-27(13-10-21)22-14-18-6-3-4-7-19(18)15-22/h3-4,6-7,20-22H,5,8-17H2,1-2H3,(H,25,30)/t20-/m1/s1. The third-order valence-corrected chi connectivity index (χ3v) is 7.30. The summed E-state index contributed by atoms with van der Waals surface area (Å²) >= 11 is 0. The summed E-state index contributed by atoms with van der Waals surface area (Å²) in [6.07, 6.45) is 6.77. The van der Waals surface area contributed by atoms with Gasteiger partial charge in [0, 0.05) is 32.7 Å². The van der Waals surface area contributed by atoms with E-state index in [0.717, 1.165) is 39.0 Å². The number of piperidine rings is 2. The molecule has 6 heteroatoms. The van der Waals surface area contributed by atoms with Gasteiger partial charge in [0.1, 0.15) is 0 Å². The maximum atomic E-state index is 12.6. The molecule has 4 rings (SSSR count). The van der Waals surface area contributed by atoms with Crippen molar-refractivity contribution >= 4 is 11.8 Å². The van der Waals surface area contributed by atoms with Gasteiger partial charge in [0.25, 0.3) is 0 Å². The Balaban J connectivity index is 1.24. The average Bonchev–Trinajstić information content (AvgIpc) is 3.21. The van der Waals surface area contributed by atoms with Crippen LogP contribution in [0.2, 0.25) is 0 Å². The number of hydrogen-bond donors (Lipinski definition) is 1. The molecular weight excluding hydrogens is 376 g/mol. The Bertz CT molecular complexity index is 732. The van der Waals surface area contributed by atoms with Gasteiger partial charge in [-0.1, -0.05) is 24.3 Å². The predicted octanol–water partition coefficient (Wildman–Crippen LogP) is 1.53. The molecular formula is C24H36N4O2. The molecule has 0 radical (unpaired) electrons. The molecule has 1 aromatic carbocycles. The van der Waals surface area contributed by atoms with Crippen LogP contribution in [0, 0.1) is 5.92 Å². The highest BCUT2D eigenvalue weighted by Crippen LogP contribution is 2.29. The number of amides is 2. The van der Waals surface area contributed by atoms with Crippen molar-refractivity contribution in [1.82, 2.24) is 20.0 Å². The molecule has 0 unspecified atom stereocenters. The van der Waals surface area contributed by atoms with Gasteiger partial charge in [0.15, 0.2) is 0 Å². The lowest BCUT2D eigenvalue weighted by Gasteiger charge is -2.43. The van der Waals surface area contributed by atoms with Crippen molar-refractivity contribution in [2.45, 2.75) is 50.6 Å². The minimum atomic E-state index is -0.0579. The second kappa shape index (κ2) is 9.48. The van der Waals surface area contributed by atoms with Crippen molar-refractivity contribution in [3.8, 4) is 0 Å². The van der Waals surface area contributed by atoms with Gasteiger partial charge in [-0.25, -0.2) is 0 Å². The lowest BCUT2D eigenvalue weighted by molar-refractivity contribution is -0.133. The summed E-state index contributed by atoms with van der Waals surface area (Å²) in [4.78, 5) is 31.1. The van der Waals surface area contributed by atoms with Crippen LogP contribution < -0.4 is 5.32 Å². The third-order valence-electron chi connectivity index (χ3n) is 7.30. The summed E-state index contributed by atoms with van der Waals surface area (Å²) in [7, 11) is 3.43.